The number of aryl methyl sites for hydroxylation is 1. The van der Waals surface area contributed by atoms with Crippen molar-refractivity contribution >= 4 is 22.4 Å². The highest BCUT2D eigenvalue weighted by molar-refractivity contribution is 5.82. The van der Waals surface area contributed by atoms with E-state index in [4.69, 9.17) is 14.5 Å². The Morgan fingerprint density at radius 3 is 2.32 bits per heavy atom. The molecule has 194 valence electrons. The van der Waals surface area contributed by atoms with Gasteiger partial charge in [0, 0.05) is 54.6 Å². The van der Waals surface area contributed by atoms with Gasteiger partial charge in [0.05, 0.1) is 61.1 Å². The van der Waals surface area contributed by atoms with Crippen LogP contribution in [-0.4, -0.2) is 39.0 Å². The first-order valence-corrected chi connectivity index (χ1v) is 11.5. The van der Waals surface area contributed by atoms with E-state index in [0.717, 1.165) is 11.6 Å². The number of hydrogen-bond donors (Lipinski definition) is 0. The normalized spacial score (nSPS) is 11.5. The monoisotopic (exact) mass is 520 g/mol. The van der Waals surface area contributed by atoms with Crippen molar-refractivity contribution in [2.24, 2.45) is 7.05 Å². The molecule has 11 heteroatoms. The molecule has 0 radical (unpaired) electrons. The molecule has 0 bridgehead atoms. The fraction of sp³-hybridized carbons (Fsp3) is 0.185. The maximum Gasteiger partial charge on any atom is 0.418 e. The standard InChI is InChI=1S/C27H23F3N6O2/c1-35-15-17(13-33-35)25-14-32-23-7-6-18(11-24(23)34-25)36(19-9-20(37-2)12-21(10-19)38-3)16-26-22(27(28,29)30)5-4-8-31-26/h4-15H,16H2,1-3H3. The van der Waals surface area contributed by atoms with Crippen molar-refractivity contribution in [3.05, 3.63) is 84.6 Å². The summed E-state index contributed by atoms with van der Waals surface area (Å²) in [6, 6.07) is 12.8. The van der Waals surface area contributed by atoms with Gasteiger partial charge in [0.1, 0.15) is 11.5 Å². The number of pyridine rings is 1. The van der Waals surface area contributed by atoms with Gasteiger partial charge < -0.3 is 14.4 Å². The molecule has 38 heavy (non-hydrogen) atoms. The Morgan fingerprint density at radius 2 is 1.66 bits per heavy atom. The summed E-state index contributed by atoms with van der Waals surface area (Å²) in [4.78, 5) is 15.0. The van der Waals surface area contributed by atoms with E-state index in [2.05, 4.69) is 15.1 Å². The highest BCUT2D eigenvalue weighted by Gasteiger charge is 2.34. The number of alkyl halides is 3. The molecule has 5 aromatic rings. The lowest BCUT2D eigenvalue weighted by molar-refractivity contribution is -0.138. The molecular weight excluding hydrogens is 497 g/mol. The zero-order valence-corrected chi connectivity index (χ0v) is 20.8. The lowest BCUT2D eigenvalue weighted by Gasteiger charge is -2.27. The van der Waals surface area contributed by atoms with Gasteiger partial charge in [-0.2, -0.15) is 18.3 Å². The van der Waals surface area contributed by atoms with Gasteiger partial charge in [0.15, 0.2) is 0 Å². The minimum Gasteiger partial charge on any atom is -0.497 e. The maximum absolute atomic E-state index is 13.8. The van der Waals surface area contributed by atoms with Crippen molar-refractivity contribution in [1.82, 2.24) is 24.7 Å². The third-order valence-corrected chi connectivity index (χ3v) is 5.99. The van der Waals surface area contributed by atoms with Gasteiger partial charge in [-0.15, -0.1) is 0 Å². The molecule has 8 nitrogen and oxygen atoms in total. The van der Waals surface area contributed by atoms with Gasteiger partial charge in [-0.3, -0.25) is 14.6 Å². The van der Waals surface area contributed by atoms with Crippen molar-refractivity contribution in [1.29, 1.82) is 0 Å². The molecular formula is C27H23F3N6O2. The first kappa shape index (κ1) is 25.0. The molecule has 0 unspecified atom stereocenters. The smallest absolute Gasteiger partial charge is 0.418 e. The number of benzene rings is 2. The summed E-state index contributed by atoms with van der Waals surface area (Å²) in [6.07, 6.45) is 1.96. The molecule has 5 rings (SSSR count). The van der Waals surface area contributed by atoms with E-state index in [9.17, 15) is 13.2 Å². The molecule has 0 saturated heterocycles. The van der Waals surface area contributed by atoms with Crippen LogP contribution in [0.2, 0.25) is 0 Å². The van der Waals surface area contributed by atoms with E-state index < -0.39 is 11.7 Å². The second kappa shape index (κ2) is 10.0. The van der Waals surface area contributed by atoms with Crippen LogP contribution in [-0.2, 0) is 19.8 Å². The number of methoxy groups -OCH3 is 2. The number of halogens is 3. The van der Waals surface area contributed by atoms with E-state index in [1.54, 1.807) is 58.4 Å². The fourth-order valence-electron chi connectivity index (χ4n) is 4.11. The van der Waals surface area contributed by atoms with Crippen LogP contribution in [0.3, 0.4) is 0 Å². The summed E-state index contributed by atoms with van der Waals surface area (Å²) in [7, 11) is 4.83. The molecule has 0 aliphatic carbocycles. The van der Waals surface area contributed by atoms with Crippen LogP contribution < -0.4 is 14.4 Å². The van der Waals surface area contributed by atoms with E-state index in [0.29, 0.717) is 39.6 Å². The average Bonchev–Trinajstić information content (AvgIpc) is 3.36. The van der Waals surface area contributed by atoms with Gasteiger partial charge in [-0.1, -0.05) is 0 Å². The summed E-state index contributed by atoms with van der Waals surface area (Å²) < 4.78 is 54.0. The van der Waals surface area contributed by atoms with Crippen LogP contribution >= 0.6 is 0 Å². The number of fused-ring (bicyclic) bond motifs is 1. The zero-order chi connectivity index (χ0) is 26.9. The van der Waals surface area contributed by atoms with E-state index >= 15 is 0 Å². The Morgan fingerprint density at radius 1 is 0.895 bits per heavy atom. The predicted molar refractivity (Wildman–Crippen MR) is 136 cm³/mol. The fourth-order valence-corrected chi connectivity index (χ4v) is 4.11. The second-order valence-electron chi connectivity index (χ2n) is 8.48. The minimum absolute atomic E-state index is 0.128. The van der Waals surface area contributed by atoms with E-state index in [-0.39, 0.29) is 12.2 Å². The Labute approximate surface area is 216 Å². The SMILES string of the molecule is COc1cc(OC)cc(N(Cc2ncccc2C(F)(F)F)c2ccc3ncc(-c4cnn(C)c4)nc3c2)c1. The third-order valence-electron chi connectivity index (χ3n) is 5.99. The molecule has 3 heterocycles. The second-order valence-corrected chi connectivity index (χ2v) is 8.48. The number of nitrogens with zero attached hydrogens (tertiary/aromatic N) is 6. The lowest BCUT2D eigenvalue weighted by Crippen LogP contribution is -2.21. The highest BCUT2D eigenvalue weighted by atomic mass is 19.4. The number of ether oxygens (including phenoxy) is 2. The number of aromatic nitrogens is 5. The van der Waals surface area contributed by atoms with Crippen LogP contribution in [0.15, 0.2) is 73.3 Å². The Hall–Kier alpha value is -4.67. The van der Waals surface area contributed by atoms with Gasteiger partial charge in [-0.05, 0) is 30.3 Å². The largest absolute Gasteiger partial charge is 0.497 e. The van der Waals surface area contributed by atoms with Gasteiger partial charge in [-0.25, -0.2) is 4.98 Å². The van der Waals surface area contributed by atoms with E-state index in [1.807, 2.05) is 13.2 Å². The summed E-state index contributed by atoms with van der Waals surface area (Å²) in [5, 5.41) is 4.18. The van der Waals surface area contributed by atoms with Crippen molar-refractivity contribution in [3.63, 3.8) is 0 Å². The molecule has 2 aromatic carbocycles. The van der Waals surface area contributed by atoms with Gasteiger partial charge in [0.2, 0.25) is 0 Å². The summed E-state index contributed by atoms with van der Waals surface area (Å²) >= 11 is 0. The van der Waals surface area contributed by atoms with Crippen LogP contribution in [0, 0.1) is 0 Å². The third kappa shape index (κ3) is 5.08. The minimum atomic E-state index is -4.56. The lowest BCUT2D eigenvalue weighted by atomic mass is 10.1. The molecule has 0 aliphatic heterocycles. The summed E-state index contributed by atoms with van der Waals surface area (Å²) in [5.41, 5.74) is 2.84. The van der Waals surface area contributed by atoms with Crippen LogP contribution in [0.1, 0.15) is 11.3 Å². The zero-order valence-electron chi connectivity index (χ0n) is 20.8. The molecule has 0 amide bonds. The highest BCUT2D eigenvalue weighted by Crippen LogP contribution is 2.37. The van der Waals surface area contributed by atoms with Crippen molar-refractivity contribution in [2.45, 2.75) is 12.7 Å². The quantitative estimate of drug-likeness (QED) is 0.268. The van der Waals surface area contributed by atoms with Crippen molar-refractivity contribution in [2.75, 3.05) is 19.1 Å². The predicted octanol–water partition coefficient (Wildman–Crippen LogP) is 5.80. The first-order valence-electron chi connectivity index (χ1n) is 11.5. The van der Waals surface area contributed by atoms with Crippen molar-refractivity contribution < 1.29 is 22.6 Å². The van der Waals surface area contributed by atoms with Crippen LogP contribution in [0.5, 0.6) is 11.5 Å². The Balaban J connectivity index is 1.66. The molecule has 0 N–H and O–H groups in total. The van der Waals surface area contributed by atoms with Crippen LogP contribution in [0.25, 0.3) is 22.3 Å². The Bertz CT molecular complexity index is 1580. The van der Waals surface area contributed by atoms with Gasteiger partial charge in [0.25, 0.3) is 0 Å². The number of hydrogen-bond acceptors (Lipinski definition) is 7. The Kier molecular flexibility index (Phi) is 6.58. The van der Waals surface area contributed by atoms with Gasteiger partial charge >= 0.3 is 6.18 Å². The number of anilines is 2. The molecule has 0 spiro atoms. The summed E-state index contributed by atoms with van der Waals surface area (Å²) in [5.74, 6) is 0.974. The molecule has 0 fully saturated rings. The average molecular weight is 521 g/mol. The topological polar surface area (TPSA) is 78.2 Å². The van der Waals surface area contributed by atoms with Crippen molar-refractivity contribution in [3.8, 4) is 22.8 Å². The molecule has 0 saturated carbocycles. The number of rotatable bonds is 7. The summed E-state index contributed by atoms with van der Waals surface area (Å²) in [6.45, 7) is -0.173. The first-order chi connectivity index (χ1) is 18.2. The molecule has 0 atom stereocenters. The molecule has 0 aliphatic rings. The molecule has 3 aromatic heterocycles. The maximum atomic E-state index is 13.8. The van der Waals surface area contributed by atoms with E-state index in [1.165, 1.54) is 26.5 Å². The van der Waals surface area contributed by atoms with Crippen LogP contribution in [0.4, 0.5) is 24.5 Å².